The molecular formula is C20H30N2O3. The third-order valence-corrected chi connectivity index (χ3v) is 4.91. The Morgan fingerprint density at radius 2 is 1.84 bits per heavy atom. The maximum atomic E-state index is 12.5. The van der Waals surface area contributed by atoms with Gasteiger partial charge in [0.15, 0.2) is 0 Å². The molecule has 1 heterocycles. The molecule has 1 aromatic carbocycles. The third kappa shape index (κ3) is 4.74. The zero-order valence-corrected chi connectivity index (χ0v) is 16.2. The Labute approximate surface area is 150 Å². The maximum absolute atomic E-state index is 12.5. The van der Waals surface area contributed by atoms with E-state index >= 15 is 0 Å². The summed E-state index contributed by atoms with van der Waals surface area (Å²) in [6.45, 7) is 10.3. The molecule has 0 unspecified atom stereocenters. The second-order valence-electron chi connectivity index (χ2n) is 7.93. The zero-order chi connectivity index (χ0) is 18.8. The summed E-state index contributed by atoms with van der Waals surface area (Å²) in [7, 11) is 1.74. The monoisotopic (exact) mass is 346 g/mol. The second kappa shape index (κ2) is 7.46. The Morgan fingerprint density at radius 1 is 1.24 bits per heavy atom. The predicted molar refractivity (Wildman–Crippen MR) is 98.1 cm³/mol. The van der Waals surface area contributed by atoms with Gasteiger partial charge in [-0.15, -0.1) is 0 Å². The Bertz CT molecular complexity index is 609. The maximum Gasteiger partial charge on any atom is 0.410 e. The van der Waals surface area contributed by atoms with E-state index in [4.69, 9.17) is 4.74 Å². The Balaban J connectivity index is 2.02. The fourth-order valence-corrected chi connectivity index (χ4v) is 3.19. The number of carbonyl (C=O) groups excluding carboxylic acids is 2. The largest absolute Gasteiger partial charge is 0.444 e. The van der Waals surface area contributed by atoms with E-state index in [9.17, 15) is 9.59 Å². The van der Waals surface area contributed by atoms with Gasteiger partial charge in [-0.05, 0) is 40.2 Å². The molecule has 0 spiro atoms. The number of rotatable bonds is 4. The van der Waals surface area contributed by atoms with Gasteiger partial charge in [0, 0.05) is 32.0 Å². The van der Waals surface area contributed by atoms with Crippen molar-refractivity contribution >= 4 is 12.0 Å². The first kappa shape index (κ1) is 19.3. The fourth-order valence-electron chi connectivity index (χ4n) is 3.19. The lowest BCUT2D eigenvalue weighted by Crippen LogP contribution is -2.43. The smallest absolute Gasteiger partial charge is 0.410 e. The summed E-state index contributed by atoms with van der Waals surface area (Å²) in [4.78, 5) is 28.3. The average Bonchev–Trinajstić information content (AvgIpc) is 2.93. The van der Waals surface area contributed by atoms with Crippen LogP contribution in [0.4, 0.5) is 4.79 Å². The molecule has 0 saturated carbocycles. The summed E-state index contributed by atoms with van der Waals surface area (Å²) in [5, 5.41) is 0. The topological polar surface area (TPSA) is 49.9 Å². The zero-order valence-electron chi connectivity index (χ0n) is 16.2. The number of hydrogen-bond acceptors (Lipinski definition) is 3. The minimum absolute atomic E-state index is 0.0396. The molecule has 5 heteroatoms. The first-order valence-corrected chi connectivity index (χ1v) is 8.90. The molecule has 25 heavy (non-hydrogen) atoms. The van der Waals surface area contributed by atoms with Crippen molar-refractivity contribution in [2.75, 3.05) is 13.6 Å². The molecule has 3 atom stereocenters. The van der Waals surface area contributed by atoms with Crippen LogP contribution in [-0.2, 0) is 9.53 Å². The summed E-state index contributed by atoms with van der Waals surface area (Å²) >= 11 is 0. The highest BCUT2D eigenvalue weighted by Crippen LogP contribution is 2.31. The Kier molecular flexibility index (Phi) is 5.76. The molecule has 2 amide bonds. The van der Waals surface area contributed by atoms with E-state index in [-0.39, 0.29) is 30.0 Å². The molecule has 1 fully saturated rings. The molecule has 1 aromatic rings. The second-order valence-corrected chi connectivity index (χ2v) is 7.93. The molecule has 0 aromatic heterocycles. The predicted octanol–water partition coefficient (Wildman–Crippen LogP) is 3.85. The van der Waals surface area contributed by atoms with Crippen LogP contribution in [0.1, 0.15) is 52.6 Å². The summed E-state index contributed by atoms with van der Waals surface area (Å²) in [5.41, 5.74) is 0.606. The number of amides is 2. The summed E-state index contributed by atoms with van der Waals surface area (Å²) in [5.74, 6) is 0.252. The van der Waals surface area contributed by atoms with Gasteiger partial charge in [0.25, 0.3) is 0 Å². The van der Waals surface area contributed by atoms with Gasteiger partial charge in [0.05, 0.1) is 6.04 Å². The summed E-state index contributed by atoms with van der Waals surface area (Å²) in [6, 6.07) is 10.0. The average molecular weight is 346 g/mol. The molecule has 5 nitrogen and oxygen atoms in total. The Hall–Kier alpha value is -2.04. The van der Waals surface area contributed by atoms with Crippen molar-refractivity contribution in [2.24, 2.45) is 5.92 Å². The van der Waals surface area contributed by atoms with Crippen molar-refractivity contribution in [3.8, 4) is 0 Å². The van der Waals surface area contributed by atoms with Crippen molar-refractivity contribution in [1.82, 2.24) is 9.80 Å². The normalized spacial score (nSPS) is 20.3. The van der Waals surface area contributed by atoms with Crippen LogP contribution in [-0.4, -0.2) is 47.0 Å². The van der Waals surface area contributed by atoms with Crippen LogP contribution < -0.4 is 0 Å². The minimum Gasteiger partial charge on any atom is -0.444 e. The van der Waals surface area contributed by atoms with Gasteiger partial charge < -0.3 is 14.5 Å². The van der Waals surface area contributed by atoms with Crippen LogP contribution in [0.15, 0.2) is 30.3 Å². The fraction of sp³-hybridized carbons (Fsp3) is 0.600. The molecular weight excluding hydrogens is 316 g/mol. The van der Waals surface area contributed by atoms with Crippen molar-refractivity contribution in [2.45, 2.75) is 58.7 Å². The highest BCUT2D eigenvalue weighted by Gasteiger charge is 2.38. The van der Waals surface area contributed by atoms with E-state index in [1.807, 2.05) is 62.9 Å². The lowest BCUT2D eigenvalue weighted by Gasteiger charge is -2.32. The van der Waals surface area contributed by atoms with Crippen LogP contribution in [0.25, 0.3) is 0 Å². The van der Waals surface area contributed by atoms with E-state index in [1.54, 1.807) is 11.9 Å². The van der Waals surface area contributed by atoms with Crippen molar-refractivity contribution in [1.29, 1.82) is 0 Å². The number of carbonyl (C=O) groups is 2. The van der Waals surface area contributed by atoms with Gasteiger partial charge in [-0.2, -0.15) is 0 Å². The molecule has 2 rings (SSSR count). The number of benzene rings is 1. The van der Waals surface area contributed by atoms with Crippen LogP contribution in [0.2, 0.25) is 0 Å². The van der Waals surface area contributed by atoms with Crippen LogP contribution in [0.5, 0.6) is 0 Å². The van der Waals surface area contributed by atoms with Crippen LogP contribution in [0.3, 0.4) is 0 Å². The highest BCUT2D eigenvalue weighted by atomic mass is 16.6. The van der Waals surface area contributed by atoms with Gasteiger partial charge in [-0.1, -0.05) is 30.3 Å². The number of likely N-dealkylation sites (tertiary alicyclic amines) is 1. The molecule has 1 aliphatic heterocycles. The molecule has 1 saturated heterocycles. The molecule has 0 radical (unpaired) electrons. The molecule has 0 bridgehead atoms. The molecule has 0 N–H and O–H groups in total. The van der Waals surface area contributed by atoms with Crippen molar-refractivity contribution in [3.05, 3.63) is 35.9 Å². The van der Waals surface area contributed by atoms with Crippen LogP contribution >= 0.6 is 0 Å². The summed E-state index contributed by atoms with van der Waals surface area (Å²) < 4.78 is 5.44. The van der Waals surface area contributed by atoms with E-state index in [0.29, 0.717) is 13.0 Å². The molecule has 138 valence electrons. The third-order valence-electron chi connectivity index (χ3n) is 4.91. The molecule has 0 aliphatic carbocycles. The first-order valence-electron chi connectivity index (χ1n) is 8.90. The van der Waals surface area contributed by atoms with Crippen molar-refractivity contribution in [3.63, 3.8) is 0 Å². The minimum atomic E-state index is -0.523. The van der Waals surface area contributed by atoms with Gasteiger partial charge in [-0.3, -0.25) is 4.79 Å². The van der Waals surface area contributed by atoms with Gasteiger partial charge >= 0.3 is 6.09 Å². The quantitative estimate of drug-likeness (QED) is 0.832. The Morgan fingerprint density at radius 3 is 2.40 bits per heavy atom. The van der Waals surface area contributed by atoms with Gasteiger partial charge in [0.1, 0.15) is 5.60 Å². The van der Waals surface area contributed by atoms with E-state index < -0.39 is 5.60 Å². The van der Waals surface area contributed by atoms with Crippen molar-refractivity contribution < 1.29 is 14.3 Å². The number of hydrogen-bond donors (Lipinski definition) is 0. The van der Waals surface area contributed by atoms with Crippen LogP contribution in [0, 0.1) is 5.92 Å². The highest BCUT2D eigenvalue weighted by molar-refractivity contribution is 5.79. The van der Waals surface area contributed by atoms with Gasteiger partial charge in [-0.25, -0.2) is 4.79 Å². The number of ether oxygens (including phenoxy) is 1. The molecule has 1 aliphatic rings. The van der Waals surface area contributed by atoms with E-state index in [2.05, 4.69) is 6.92 Å². The van der Waals surface area contributed by atoms with E-state index in [1.165, 1.54) is 0 Å². The summed E-state index contributed by atoms with van der Waals surface area (Å²) in [6.07, 6.45) is 0.118. The lowest BCUT2D eigenvalue weighted by atomic mass is 9.99. The van der Waals surface area contributed by atoms with Gasteiger partial charge in [0.2, 0.25) is 5.91 Å². The lowest BCUT2D eigenvalue weighted by molar-refractivity contribution is -0.129. The van der Waals surface area contributed by atoms with E-state index in [0.717, 1.165) is 5.56 Å². The first-order chi connectivity index (χ1) is 11.6. The number of nitrogens with zero attached hydrogens (tertiary/aromatic N) is 2. The SMILES string of the molecule is C[C@@H]([C@@H]1CC(=O)N([C@@H](C)c2ccccc2)C1)N(C)C(=O)OC(C)(C)C. The standard InChI is InChI=1S/C20H30N2O3/c1-14(21(6)19(24)25-20(3,4)5)17-12-18(23)22(13-17)15(2)16-10-8-7-9-11-16/h7-11,14-15,17H,12-13H2,1-6H3/t14-,15-,17+/m0/s1.